The highest BCUT2D eigenvalue weighted by atomic mass is 16.1. The number of carbonyl (C=O) groups excluding carboxylic acids is 1. The molecule has 0 atom stereocenters. The molecule has 0 aliphatic heterocycles. The van der Waals surface area contributed by atoms with Gasteiger partial charge in [0.1, 0.15) is 11.6 Å². The van der Waals surface area contributed by atoms with Crippen molar-refractivity contribution in [2.75, 3.05) is 5.32 Å². The third kappa shape index (κ3) is 4.92. The second-order valence-corrected chi connectivity index (χ2v) is 8.13. The minimum absolute atomic E-state index is 0.0560. The molecule has 0 saturated heterocycles. The molecule has 0 saturated carbocycles. The van der Waals surface area contributed by atoms with E-state index < -0.39 is 5.91 Å². The number of aryl methyl sites for hydroxylation is 5. The van der Waals surface area contributed by atoms with Crippen molar-refractivity contribution in [3.05, 3.63) is 86.7 Å². The smallest absolute Gasteiger partial charge is 0.266 e. The standard InChI is InChI=1S/C26H28N4O/c1-16-7-9-22(10-8-16)15-30-21(6)24(20(5)29-30)13-23(14-27)26(31)28-25-18(3)11-17(2)12-19(25)4/h7-13H,15H2,1-6H3,(H,28,31)/b23-13+. The summed E-state index contributed by atoms with van der Waals surface area (Å²) in [5.41, 5.74) is 8.75. The number of carbonyl (C=O) groups is 1. The first-order chi connectivity index (χ1) is 14.7. The lowest BCUT2D eigenvalue weighted by atomic mass is 10.0. The predicted octanol–water partition coefficient (Wildman–Crippen LogP) is 5.33. The Morgan fingerprint density at radius 1 is 1.03 bits per heavy atom. The summed E-state index contributed by atoms with van der Waals surface area (Å²) in [7, 11) is 0. The van der Waals surface area contributed by atoms with Gasteiger partial charge in [0.15, 0.2) is 0 Å². The van der Waals surface area contributed by atoms with Crippen LogP contribution in [-0.2, 0) is 11.3 Å². The van der Waals surface area contributed by atoms with Crippen molar-refractivity contribution >= 4 is 17.7 Å². The summed E-state index contributed by atoms with van der Waals surface area (Å²) < 4.78 is 1.91. The number of hydrogen-bond acceptors (Lipinski definition) is 3. The molecule has 2 aromatic carbocycles. The van der Waals surface area contributed by atoms with E-state index >= 15 is 0 Å². The van der Waals surface area contributed by atoms with Crippen LogP contribution < -0.4 is 5.32 Å². The average Bonchev–Trinajstić information content (AvgIpc) is 2.97. The molecule has 1 aromatic heterocycles. The molecule has 5 heteroatoms. The molecule has 5 nitrogen and oxygen atoms in total. The Hall–Kier alpha value is -3.65. The van der Waals surface area contributed by atoms with Crippen molar-refractivity contribution in [3.8, 4) is 6.07 Å². The van der Waals surface area contributed by atoms with Crippen LogP contribution in [0, 0.1) is 52.9 Å². The number of hydrogen-bond donors (Lipinski definition) is 1. The van der Waals surface area contributed by atoms with Gasteiger partial charge in [0.2, 0.25) is 0 Å². The molecule has 3 aromatic rings. The lowest BCUT2D eigenvalue weighted by molar-refractivity contribution is -0.112. The molecule has 0 fully saturated rings. The number of anilines is 1. The quantitative estimate of drug-likeness (QED) is 0.455. The Morgan fingerprint density at radius 3 is 2.23 bits per heavy atom. The minimum Gasteiger partial charge on any atom is -0.321 e. The molecular weight excluding hydrogens is 384 g/mol. The van der Waals surface area contributed by atoms with Crippen LogP contribution in [-0.4, -0.2) is 15.7 Å². The van der Waals surface area contributed by atoms with Gasteiger partial charge in [-0.05, 0) is 64.3 Å². The monoisotopic (exact) mass is 412 g/mol. The third-order valence-electron chi connectivity index (χ3n) is 5.46. The molecule has 0 radical (unpaired) electrons. The first-order valence-electron chi connectivity index (χ1n) is 10.3. The van der Waals surface area contributed by atoms with Gasteiger partial charge in [-0.15, -0.1) is 0 Å². The Morgan fingerprint density at radius 2 is 1.65 bits per heavy atom. The molecule has 0 aliphatic rings. The number of rotatable bonds is 5. The van der Waals surface area contributed by atoms with Crippen LogP contribution in [0.4, 0.5) is 5.69 Å². The second-order valence-electron chi connectivity index (χ2n) is 8.13. The molecule has 1 amide bonds. The second kappa shape index (κ2) is 9.01. The van der Waals surface area contributed by atoms with Crippen molar-refractivity contribution in [1.29, 1.82) is 5.26 Å². The van der Waals surface area contributed by atoms with Crippen LogP contribution in [0.3, 0.4) is 0 Å². The molecule has 0 bridgehead atoms. The first-order valence-corrected chi connectivity index (χ1v) is 10.3. The molecule has 1 heterocycles. The van der Waals surface area contributed by atoms with Gasteiger partial charge in [-0.25, -0.2) is 0 Å². The molecule has 0 aliphatic carbocycles. The lowest BCUT2D eigenvalue weighted by Gasteiger charge is -2.12. The Labute approximate surface area is 184 Å². The molecule has 3 rings (SSSR count). The van der Waals surface area contributed by atoms with E-state index in [1.54, 1.807) is 6.08 Å². The fraction of sp³-hybridized carbons (Fsp3) is 0.269. The lowest BCUT2D eigenvalue weighted by Crippen LogP contribution is -2.15. The summed E-state index contributed by atoms with van der Waals surface area (Å²) in [6, 6.07) is 14.4. The highest BCUT2D eigenvalue weighted by molar-refractivity contribution is 6.10. The summed E-state index contributed by atoms with van der Waals surface area (Å²) >= 11 is 0. The zero-order valence-corrected chi connectivity index (χ0v) is 19.0. The maximum atomic E-state index is 12.9. The molecule has 31 heavy (non-hydrogen) atoms. The Balaban J connectivity index is 1.89. The SMILES string of the molecule is Cc1ccc(Cn2nc(C)c(/C=C(\C#N)C(=O)Nc3c(C)cc(C)cc3C)c2C)cc1. The van der Waals surface area contributed by atoms with Gasteiger partial charge in [-0.3, -0.25) is 9.48 Å². The predicted molar refractivity (Wildman–Crippen MR) is 125 cm³/mol. The maximum absolute atomic E-state index is 12.9. The van der Waals surface area contributed by atoms with Crippen molar-refractivity contribution in [2.24, 2.45) is 0 Å². The number of nitrogens with one attached hydrogen (secondary N) is 1. The maximum Gasteiger partial charge on any atom is 0.266 e. The van der Waals surface area contributed by atoms with Crippen molar-refractivity contribution in [2.45, 2.75) is 48.1 Å². The van der Waals surface area contributed by atoms with Crippen LogP contribution >= 0.6 is 0 Å². The van der Waals surface area contributed by atoms with Gasteiger partial charge in [-0.1, -0.05) is 47.5 Å². The van der Waals surface area contributed by atoms with Gasteiger partial charge < -0.3 is 5.32 Å². The molecule has 1 N–H and O–H groups in total. The largest absolute Gasteiger partial charge is 0.321 e. The number of aromatic nitrogens is 2. The molecule has 0 unspecified atom stereocenters. The van der Waals surface area contributed by atoms with Crippen molar-refractivity contribution < 1.29 is 4.79 Å². The summed E-state index contributed by atoms with van der Waals surface area (Å²) in [6.45, 7) is 12.5. The van der Waals surface area contributed by atoms with Gasteiger partial charge in [0.05, 0.1) is 12.2 Å². The van der Waals surface area contributed by atoms with Crippen molar-refractivity contribution in [1.82, 2.24) is 9.78 Å². The van der Waals surface area contributed by atoms with E-state index in [0.717, 1.165) is 44.9 Å². The summed E-state index contributed by atoms with van der Waals surface area (Å²) in [5.74, 6) is -0.414. The normalized spacial score (nSPS) is 11.3. The van der Waals surface area contributed by atoms with Gasteiger partial charge in [0.25, 0.3) is 5.91 Å². The first kappa shape index (κ1) is 22.0. The van der Waals surface area contributed by atoms with E-state index in [9.17, 15) is 10.1 Å². The van der Waals surface area contributed by atoms with E-state index in [2.05, 4.69) is 47.7 Å². The minimum atomic E-state index is -0.414. The number of amides is 1. The third-order valence-corrected chi connectivity index (χ3v) is 5.46. The highest BCUT2D eigenvalue weighted by Crippen LogP contribution is 2.24. The van der Waals surface area contributed by atoms with E-state index in [4.69, 9.17) is 0 Å². The molecular formula is C26H28N4O. The van der Waals surface area contributed by atoms with Crippen LogP contribution in [0.1, 0.15) is 44.8 Å². The fourth-order valence-corrected chi connectivity index (χ4v) is 3.79. The average molecular weight is 413 g/mol. The van der Waals surface area contributed by atoms with E-state index in [1.807, 2.05) is 51.4 Å². The molecule has 158 valence electrons. The summed E-state index contributed by atoms with van der Waals surface area (Å²) in [5, 5.41) is 17.2. The van der Waals surface area contributed by atoms with E-state index in [-0.39, 0.29) is 5.57 Å². The highest BCUT2D eigenvalue weighted by Gasteiger charge is 2.16. The zero-order valence-electron chi connectivity index (χ0n) is 19.0. The van der Waals surface area contributed by atoms with Gasteiger partial charge in [0, 0.05) is 16.9 Å². The van der Waals surface area contributed by atoms with E-state index in [0.29, 0.717) is 6.54 Å². The molecule has 0 spiro atoms. The summed E-state index contributed by atoms with van der Waals surface area (Å²) in [6.07, 6.45) is 1.64. The van der Waals surface area contributed by atoms with Gasteiger partial charge >= 0.3 is 0 Å². The Bertz CT molecular complexity index is 1180. The van der Waals surface area contributed by atoms with Crippen LogP contribution in [0.2, 0.25) is 0 Å². The number of nitrogens with zero attached hydrogens (tertiary/aromatic N) is 3. The van der Waals surface area contributed by atoms with Crippen LogP contribution in [0.15, 0.2) is 42.0 Å². The number of benzene rings is 2. The van der Waals surface area contributed by atoms with E-state index in [1.165, 1.54) is 5.56 Å². The van der Waals surface area contributed by atoms with Crippen LogP contribution in [0.5, 0.6) is 0 Å². The van der Waals surface area contributed by atoms with Crippen LogP contribution in [0.25, 0.3) is 6.08 Å². The fourth-order valence-electron chi connectivity index (χ4n) is 3.79. The van der Waals surface area contributed by atoms with Gasteiger partial charge in [-0.2, -0.15) is 10.4 Å². The number of nitriles is 1. The van der Waals surface area contributed by atoms with Crippen molar-refractivity contribution in [3.63, 3.8) is 0 Å². The summed E-state index contributed by atoms with van der Waals surface area (Å²) in [4.78, 5) is 12.9. The Kier molecular flexibility index (Phi) is 6.41. The topological polar surface area (TPSA) is 70.7 Å². The zero-order chi connectivity index (χ0) is 22.7.